The van der Waals surface area contributed by atoms with Gasteiger partial charge in [-0.2, -0.15) is 0 Å². The normalized spacial score (nSPS) is 10.1. The minimum atomic E-state index is 0.137. The predicted molar refractivity (Wildman–Crippen MR) is 78.8 cm³/mol. The van der Waals surface area contributed by atoms with Crippen molar-refractivity contribution in [3.05, 3.63) is 70.1 Å². The molecule has 1 N–H and O–H groups in total. The summed E-state index contributed by atoms with van der Waals surface area (Å²) in [6.07, 6.45) is 1.97. The zero-order chi connectivity index (χ0) is 12.6. The Morgan fingerprint density at radius 3 is 1.67 bits per heavy atom. The summed E-state index contributed by atoms with van der Waals surface area (Å²) in [5, 5.41) is 9.14. The number of aliphatic hydroxyl groups excluding tert-OH is 1. The Labute approximate surface area is 120 Å². The van der Waals surface area contributed by atoms with E-state index >= 15 is 0 Å². The van der Waals surface area contributed by atoms with E-state index < -0.39 is 0 Å². The molecular weight excluding hydrogens is 354 g/mol. The molecule has 1 nitrogen and oxygen atoms in total. The molecule has 2 aromatic rings. The van der Waals surface area contributed by atoms with Crippen LogP contribution in [0.25, 0.3) is 0 Å². The molecule has 0 heterocycles. The van der Waals surface area contributed by atoms with Gasteiger partial charge >= 0.3 is 121 Å². The van der Waals surface area contributed by atoms with Crippen LogP contribution in [0.5, 0.6) is 0 Å². The van der Waals surface area contributed by atoms with Crippen LogP contribution >= 0.6 is 0 Å². The van der Waals surface area contributed by atoms with Crippen LogP contribution in [-0.4, -0.2) is 41.6 Å². The Hall–Kier alpha value is -0.821. The third kappa shape index (κ3) is 4.45. The summed E-state index contributed by atoms with van der Waals surface area (Å²) in [6, 6.07) is 21.0. The Balaban J connectivity index is 2.08. The van der Waals surface area contributed by atoms with E-state index in [1.165, 1.54) is 12.3 Å². The number of benzene rings is 2. The maximum atomic E-state index is 9.14. The molecule has 18 heavy (non-hydrogen) atoms. The van der Waals surface area contributed by atoms with Crippen molar-refractivity contribution in [1.29, 1.82) is 0 Å². The van der Waals surface area contributed by atoms with Gasteiger partial charge in [-0.05, 0) is 0 Å². The van der Waals surface area contributed by atoms with Crippen molar-refractivity contribution in [2.24, 2.45) is 0 Å². The molecule has 2 rings (SSSR count). The van der Waals surface area contributed by atoms with Gasteiger partial charge in [0.05, 0.1) is 0 Å². The Morgan fingerprint density at radius 1 is 0.833 bits per heavy atom. The van der Waals surface area contributed by atoms with Crippen molar-refractivity contribution in [3.63, 3.8) is 0 Å². The predicted octanol–water partition coefficient (Wildman–Crippen LogP) is 0.880. The van der Waals surface area contributed by atoms with E-state index in [4.69, 9.17) is 5.11 Å². The first kappa shape index (κ1) is 13.6. The average molecular weight is 368 g/mol. The second kappa shape index (κ2) is 7.58. The zero-order valence-corrected chi connectivity index (χ0v) is 13.2. The second-order valence-corrected chi connectivity index (χ2v) is 9.53. The van der Waals surface area contributed by atoms with Crippen LogP contribution in [-0.2, 0) is 0 Å². The van der Waals surface area contributed by atoms with Gasteiger partial charge in [-0.15, -0.1) is 0 Å². The minimum absolute atomic E-state index is 0.137. The van der Waals surface area contributed by atoms with Crippen LogP contribution in [0, 0.1) is 0 Å². The van der Waals surface area contributed by atoms with Crippen molar-refractivity contribution in [2.45, 2.75) is 0 Å². The van der Waals surface area contributed by atoms with E-state index in [2.05, 4.69) is 48.5 Å². The number of hydrogen-bond acceptors (Lipinski definition) is 1. The van der Waals surface area contributed by atoms with Gasteiger partial charge in [0.25, 0.3) is 0 Å². The van der Waals surface area contributed by atoms with Crippen LogP contribution in [0.2, 0.25) is 0 Å². The molecule has 0 unspecified atom stereocenters. The van der Waals surface area contributed by atoms with Crippen LogP contribution in [0.1, 0.15) is 0 Å². The Morgan fingerprint density at radius 2 is 1.28 bits per heavy atom. The van der Waals surface area contributed by atoms with Crippen LogP contribution in [0.15, 0.2) is 70.1 Å². The fraction of sp³-hybridized carbons (Fsp3) is 0.0667. The van der Waals surface area contributed by atoms with E-state index in [0.717, 1.165) is 0 Å². The monoisotopic (exact) mass is 370 g/mol. The third-order valence-electron chi connectivity index (χ3n) is 2.18. The molecule has 0 aliphatic heterocycles. The topological polar surface area (TPSA) is 20.2 Å². The molecule has 0 aliphatic carbocycles. The molecule has 0 spiro atoms. The molecule has 0 aromatic heterocycles. The number of aliphatic hydroxyl groups is 1. The SMILES string of the molecule is OCC=C([Se]c1ccccc1)[Se]c1ccccc1. The first-order valence-electron chi connectivity index (χ1n) is 5.65. The average Bonchev–Trinajstić information content (AvgIpc) is 2.41. The standard InChI is InChI=1S/C15H14OSe2/c16-12-11-15(17-13-7-3-1-4-8-13)18-14-9-5-2-6-10-14/h1-11,16H,12H2. The Kier molecular flexibility index (Phi) is 5.73. The van der Waals surface area contributed by atoms with Crippen molar-refractivity contribution >= 4 is 38.8 Å². The summed E-state index contributed by atoms with van der Waals surface area (Å²) < 4.78 is 4.11. The van der Waals surface area contributed by atoms with Gasteiger partial charge in [-0.25, -0.2) is 0 Å². The van der Waals surface area contributed by atoms with E-state index in [1.807, 2.05) is 18.2 Å². The van der Waals surface area contributed by atoms with Gasteiger partial charge in [0.2, 0.25) is 0 Å². The van der Waals surface area contributed by atoms with Gasteiger partial charge < -0.3 is 0 Å². The second-order valence-electron chi connectivity index (χ2n) is 3.54. The zero-order valence-electron chi connectivity index (χ0n) is 9.82. The van der Waals surface area contributed by atoms with Crippen molar-refractivity contribution in [2.75, 3.05) is 6.61 Å². The molecule has 0 saturated heterocycles. The molecule has 2 aromatic carbocycles. The fourth-order valence-electron chi connectivity index (χ4n) is 1.39. The first-order chi connectivity index (χ1) is 8.88. The molecule has 0 aliphatic rings. The molecule has 0 bridgehead atoms. The summed E-state index contributed by atoms with van der Waals surface area (Å²) >= 11 is 0.639. The molecule has 0 fully saturated rings. The summed E-state index contributed by atoms with van der Waals surface area (Å²) in [7, 11) is 0. The summed E-state index contributed by atoms with van der Waals surface area (Å²) in [4.78, 5) is 0. The van der Waals surface area contributed by atoms with Gasteiger partial charge in [0.1, 0.15) is 0 Å². The number of hydrogen-bond donors (Lipinski definition) is 1. The quantitative estimate of drug-likeness (QED) is 0.778. The third-order valence-corrected chi connectivity index (χ3v) is 7.67. The van der Waals surface area contributed by atoms with E-state index in [1.54, 1.807) is 0 Å². The van der Waals surface area contributed by atoms with Crippen LogP contribution in [0.3, 0.4) is 0 Å². The van der Waals surface area contributed by atoms with Crippen LogP contribution in [0.4, 0.5) is 0 Å². The van der Waals surface area contributed by atoms with Crippen molar-refractivity contribution in [1.82, 2.24) is 0 Å². The molecule has 3 heteroatoms. The molecule has 0 atom stereocenters. The molecular formula is C15H14OSe2. The number of rotatable bonds is 5. The van der Waals surface area contributed by atoms with Gasteiger partial charge in [-0.3, -0.25) is 0 Å². The van der Waals surface area contributed by atoms with Gasteiger partial charge in [0.15, 0.2) is 0 Å². The van der Waals surface area contributed by atoms with E-state index in [0.29, 0.717) is 29.9 Å². The molecule has 0 radical (unpaired) electrons. The van der Waals surface area contributed by atoms with E-state index in [9.17, 15) is 0 Å². The summed E-state index contributed by atoms with van der Waals surface area (Å²) in [5.74, 6) is 0. The molecule has 92 valence electrons. The maximum absolute atomic E-state index is 9.14. The molecule has 0 amide bonds. The van der Waals surface area contributed by atoms with Gasteiger partial charge in [-0.1, -0.05) is 0 Å². The first-order valence-corrected chi connectivity index (χ1v) is 9.08. The Bertz CT molecular complexity index is 451. The fourth-order valence-corrected chi connectivity index (χ4v) is 6.90. The van der Waals surface area contributed by atoms with Crippen molar-refractivity contribution < 1.29 is 5.11 Å². The summed E-state index contributed by atoms with van der Waals surface area (Å²) in [6.45, 7) is 0.137. The van der Waals surface area contributed by atoms with Crippen LogP contribution < -0.4 is 8.92 Å². The molecule has 0 saturated carbocycles. The summed E-state index contributed by atoms with van der Waals surface area (Å²) in [5.41, 5.74) is 0. The van der Waals surface area contributed by atoms with Gasteiger partial charge in [0, 0.05) is 0 Å². The van der Waals surface area contributed by atoms with E-state index in [-0.39, 0.29) is 6.61 Å². The van der Waals surface area contributed by atoms with Crippen molar-refractivity contribution in [3.8, 4) is 0 Å².